The third-order valence-corrected chi connectivity index (χ3v) is 3.22. The van der Waals surface area contributed by atoms with Gasteiger partial charge in [-0.25, -0.2) is 0 Å². The maximum absolute atomic E-state index is 10.9. The Bertz CT molecular complexity index is 779. The van der Waals surface area contributed by atoms with Crippen molar-refractivity contribution in [2.75, 3.05) is 17.2 Å². The van der Waals surface area contributed by atoms with Crippen molar-refractivity contribution in [3.05, 3.63) is 24.3 Å². The molecule has 1 aromatic heterocycles. The van der Waals surface area contributed by atoms with Gasteiger partial charge in [-0.1, -0.05) is 0 Å². The van der Waals surface area contributed by atoms with Crippen LogP contribution < -0.4 is 17.2 Å². The molecular weight excluding hydrogens is 298 g/mol. The fourth-order valence-corrected chi connectivity index (χ4v) is 1.88. The van der Waals surface area contributed by atoms with E-state index in [-0.39, 0.29) is 28.2 Å². The molecule has 0 atom stereocenters. The molecule has 2 rings (SSSR count). The highest BCUT2D eigenvalue weighted by molar-refractivity contribution is 7.85. The first kappa shape index (κ1) is 14.6. The van der Waals surface area contributed by atoms with E-state index in [9.17, 15) is 8.42 Å². The lowest BCUT2D eigenvalue weighted by Crippen LogP contribution is -2.03. The second kappa shape index (κ2) is 5.30. The van der Waals surface area contributed by atoms with E-state index in [2.05, 4.69) is 20.2 Å². The fraction of sp³-hybridized carbons (Fsp3) is 0. The molecule has 0 saturated heterocycles. The van der Waals surface area contributed by atoms with Gasteiger partial charge in [0.2, 0.25) is 5.95 Å². The van der Waals surface area contributed by atoms with E-state index in [0.29, 0.717) is 5.69 Å². The van der Waals surface area contributed by atoms with E-state index >= 15 is 0 Å². The number of aromatic nitrogens is 2. The van der Waals surface area contributed by atoms with Crippen molar-refractivity contribution in [1.29, 1.82) is 0 Å². The van der Waals surface area contributed by atoms with Crippen LogP contribution in [0.5, 0.6) is 0 Å². The summed E-state index contributed by atoms with van der Waals surface area (Å²) < 4.78 is 30.6. The molecule has 0 fully saturated rings. The van der Waals surface area contributed by atoms with Gasteiger partial charge in [-0.15, -0.1) is 5.11 Å². The Morgan fingerprint density at radius 1 is 0.952 bits per heavy atom. The summed E-state index contributed by atoms with van der Waals surface area (Å²) in [5, 5.41) is 7.61. The first-order valence-corrected chi connectivity index (χ1v) is 6.89. The average Bonchev–Trinajstić information content (AvgIpc) is 2.37. The van der Waals surface area contributed by atoms with E-state index < -0.39 is 10.1 Å². The molecule has 0 amide bonds. The number of benzene rings is 1. The fourth-order valence-electron chi connectivity index (χ4n) is 1.40. The number of nitrogens with zero attached hydrogens (tertiary/aromatic N) is 4. The third kappa shape index (κ3) is 3.40. The van der Waals surface area contributed by atoms with Gasteiger partial charge in [0.1, 0.15) is 0 Å². The maximum Gasteiger partial charge on any atom is 0.294 e. The van der Waals surface area contributed by atoms with Crippen LogP contribution in [0.25, 0.3) is 0 Å². The molecule has 7 N–H and O–H groups in total. The van der Waals surface area contributed by atoms with Crippen LogP contribution in [-0.2, 0) is 10.1 Å². The van der Waals surface area contributed by atoms with Crippen LogP contribution in [0.2, 0.25) is 0 Å². The number of hydrogen-bond donors (Lipinski definition) is 4. The molecule has 1 aromatic carbocycles. The van der Waals surface area contributed by atoms with Gasteiger partial charge < -0.3 is 17.2 Å². The van der Waals surface area contributed by atoms with Crippen molar-refractivity contribution in [3.63, 3.8) is 0 Å². The lowest BCUT2D eigenvalue weighted by atomic mass is 10.3. The van der Waals surface area contributed by atoms with Crippen LogP contribution in [0, 0.1) is 0 Å². The summed E-state index contributed by atoms with van der Waals surface area (Å²) in [6.45, 7) is 0. The van der Waals surface area contributed by atoms with Crippen molar-refractivity contribution in [2.45, 2.75) is 4.90 Å². The molecule has 0 aliphatic carbocycles. The van der Waals surface area contributed by atoms with Crippen LogP contribution in [0.4, 0.5) is 29.0 Å². The van der Waals surface area contributed by atoms with Gasteiger partial charge in [0.25, 0.3) is 10.1 Å². The van der Waals surface area contributed by atoms with Gasteiger partial charge in [0, 0.05) is 0 Å². The van der Waals surface area contributed by atoms with Crippen LogP contribution in [0.1, 0.15) is 0 Å². The van der Waals surface area contributed by atoms with Crippen LogP contribution in [0.15, 0.2) is 39.4 Å². The molecule has 0 unspecified atom stereocenters. The first-order valence-electron chi connectivity index (χ1n) is 5.45. The summed E-state index contributed by atoms with van der Waals surface area (Å²) >= 11 is 0. The standard InChI is InChI=1S/C10H11N7O3S/c11-8-7(9(12)15-10(13)14-8)17-16-5-1-3-6(4-2-5)21(18,19)20/h1-4H,(H,18,19,20)(H6,11,12,13,14,15). The van der Waals surface area contributed by atoms with E-state index in [1.165, 1.54) is 24.3 Å². The minimum Gasteiger partial charge on any atom is -0.382 e. The van der Waals surface area contributed by atoms with Gasteiger partial charge in [0.15, 0.2) is 17.3 Å². The van der Waals surface area contributed by atoms with Gasteiger partial charge in [-0.3, -0.25) is 4.55 Å². The molecule has 21 heavy (non-hydrogen) atoms. The third-order valence-electron chi connectivity index (χ3n) is 2.36. The summed E-state index contributed by atoms with van der Waals surface area (Å²) in [6, 6.07) is 5.04. The molecule has 0 radical (unpaired) electrons. The molecule has 1 heterocycles. The quantitative estimate of drug-likeness (QED) is 0.475. The molecule has 0 saturated carbocycles. The number of azo groups is 1. The van der Waals surface area contributed by atoms with Crippen molar-refractivity contribution in [3.8, 4) is 0 Å². The van der Waals surface area contributed by atoms with Crippen LogP contribution in [-0.4, -0.2) is 22.9 Å². The molecule has 10 nitrogen and oxygen atoms in total. The Morgan fingerprint density at radius 2 is 1.48 bits per heavy atom. The van der Waals surface area contributed by atoms with E-state index in [4.69, 9.17) is 21.8 Å². The number of rotatable bonds is 3. The summed E-state index contributed by atoms with van der Waals surface area (Å²) in [7, 11) is -4.25. The van der Waals surface area contributed by atoms with Crippen molar-refractivity contribution in [2.24, 2.45) is 10.2 Å². The van der Waals surface area contributed by atoms with Crippen molar-refractivity contribution >= 4 is 39.1 Å². The Morgan fingerprint density at radius 3 is 1.95 bits per heavy atom. The van der Waals surface area contributed by atoms with Crippen molar-refractivity contribution in [1.82, 2.24) is 9.97 Å². The Kier molecular flexibility index (Phi) is 3.69. The number of nitrogen functional groups attached to an aromatic ring is 3. The minimum atomic E-state index is -4.25. The van der Waals surface area contributed by atoms with Gasteiger partial charge in [0.05, 0.1) is 10.6 Å². The molecule has 2 aromatic rings. The zero-order chi connectivity index (χ0) is 15.6. The molecule has 0 aliphatic heterocycles. The van der Waals surface area contributed by atoms with E-state index in [1.807, 2.05) is 0 Å². The second-order valence-electron chi connectivity index (χ2n) is 3.87. The highest BCUT2D eigenvalue weighted by atomic mass is 32.2. The predicted molar refractivity (Wildman–Crippen MR) is 75.7 cm³/mol. The molecule has 0 aliphatic rings. The second-order valence-corrected chi connectivity index (χ2v) is 5.29. The van der Waals surface area contributed by atoms with Gasteiger partial charge in [-0.2, -0.15) is 23.5 Å². The zero-order valence-corrected chi connectivity index (χ0v) is 11.3. The molecule has 0 bridgehead atoms. The lowest BCUT2D eigenvalue weighted by molar-refractivity contribution is 0.483. The zero-order valence-electron chi connectivity index (χ0n) is 10.5. The lowest BCUT2D eigenvalue weighted by Gasteiger charge is -2.02. The molecule has 0 spiro atoms. The van der Waals surface area contributed by atoms with Crippen LogP contribution >= 0.6 is 0 Å². The van der Waals surface area contributed by atoms with Gasteiger partial charge >= 0.3 is 0 Å². The SMILES string of the molecule is Nc1nc(N)c(N=Nc2ccc(S(=O)(=O)O)cc2)c(N)n1. The predicted octanol–water partition coefficient (Wildman–Crippen LogP) is 0.885. The average molecular weight is 309 g/mol. The molecular formula is C10H11N7O3S. The van der Waals surface area contributed by atoms with E-state index in [0.717, 1.165) is 0 Å². The van der Waals surface area contributed by atoms with E-state index in [1.54, 1.807) is 0 Å². The summed E-state index contributed by atoms with van der Waals surface area (Å²) in [4.78, 5) is 7.13. The summed E-state index contributed by atoms with van der Waals surface area (Å²) in [5.41, 5.74) is 16.9. The molecule has 110 valence electrons. The Hall–Kier alpha value is -2.79. The number of nitrogens with two attached hydrogens (primary N) is 3. The Balaban J connectivity index is 2.30. The van der Waals surface area contributed by atoms with Gasteiger partial charge in [-0.05, 0) is 24.3 Å². The van der Waals surface area contributed by atoms with Crippen molar-refractivity contribution < 1.29 is 13.0 Å². The smallest absolute Gasteiger partial charge is 0.294 e. The first-order chi connectivity index (χ1) is 9.77. The monoisotopic (exact) mass is 309 g/mol. The summed E-state index contributed by atoms with van der Waals surface area (Å²) in [6.07, 6.45) is 0. The largest absolute Gasteiger partial charge is 0.382 e. The maximum atomic E-state index is 10.9. The minimum absolute atomic E-state index is 0.0293. The normalized spacial score (nSPS) is 11.9. The highest BCUT2D eigenvalue weighted by Crippen LogP contribution is 2.28. The topological polar surface area (TPSA) is 183 Å². The summed E-state index contributed by atoms with van der Waals surface area (Å²) in [5.74, 6) is -0.141. The number of anilines is 3. The van der Waals surface area contributed by atoms with Crippen LogP contribution in [0.3, 0.4) is 0 Å². The molecule has 11 heteroatoms. The Labute approximate surface area is 119 Å². The highest BCUT2D eigenvalue weighted by Gasteiger charge is 2.09. The number of hydrogen-bond acceptors (Lipinski definition) is 9.